The van der Waals surface area contributed by atoms with E-state index >= 15 is 0 Å². The lowest BCUT2D eigenvalue weighted by Gasteiger charge is -2.10. The Balaban J connectivity index is 2.09. The molecule has 0 unspecified atom stereocenters. The van der Waals surface area contributed by atoms with E-state index in [0.29, 0.717) is 17.0 Å². The molecule has 0 aliphatic carbocycles. The lowest BCUT2D eigenvalue weighted by atomic mass is 10.0. The average molecular weight is 318 g/mol. The van der Waals surface area contributed by atoms with Crippen LogP contribution in [0.25, 0.3) is 11.4 Å². The van der Waals surface area contributed by atoms with Crippen molar-refractivity contribution < 1.29 is 17.6 Å². The molecule has 2 aromatic heterocycles. The minimum Gasteiger partial charge on any atom is -0.255 e. The van der Waals surface area contributed by atoms with E-state index in [4.69, 9.17) is 0 Å². The fraction of sp³-hybridized carbons (Fsp3) is 0.0588. The maximum atomic E-state index is 13.8. The Morgan fingerprint density at radius 2 is 1.48 bits per heavy atom. The van der Waals surface area contributed by atoms with Gasteiger partial charge in [-0.05, 0) is 23.8 Å². The summed E-state index contributed by atoms with van der Waals surface area (Å²) in [7, 11) is 0. The molecule has 0 fully saturated rings. The molecule has 0 amide bonds. The Hall–Kier alpha value is -2.76. The third kappa shape index (κ3) is 2.92. The SMILES string of the molecule is Fc1cc(F)c(F)c(Cc2cccnc2-c2ccccn2)c1F. The molecule has 3 aromatic rings. The molecule has 116 valence electrons. The number of halogens is 4. The molecule has 0 bridgehead atoms. The van der Waals surface area contributed by atoms with Crippen LogP contribution in [0, 0.1) is 23.3 Å². The second-order valence-electron chi connectivity index (χ2n) is 4.85. The zero-order chi connectivity index (χ0) is 16.4. The fourth-order valence-corrected chi connectivity index (χ4v) is 2.28. The first kappa shape index (κ1) is 15.1. The van der Waals surface area contributed by atoms with E-state index in [9.17, 15) is 17.6 Å². The van der Waals surface area contributed by atoms with Crippen LogP contribution in [-0.2, 0) is 6.42 Å². The molecule has 0 N–H and O–H groups in total. The number of aromatic nitrogens is 2. The zero-order valence-electron chi connectivity index (χ0n) is 11.7. The van der Waals surface area contributed by atoms with Gasteiger partial charge in [0.2, 0.25) is 0 Å². The van der Waals surface area contributed by atoms with Gasteiger partial charge in [-0.1, -0.05) is 12.1 Å². The van der Waals surface area contributed by atoms with Crippen molar-refractivity contribution in [2.45, 2.75) is 6.42 Å². The van der Waals surface area contributed by atoms with Crippen molar-refractivity contribution in [1.82, 2.24) is 9.97 Å². The van der Waals surface area contributed by atoms with Crippen LogP contribution in [0.3, 0.4) is 0 Å². The van der Waals surface area contributed by atoms with E-state index in [0.717, 1.165) is 0 Å². The summed E-state index contributed by atoms with van der Waals surface area (Å²) in [5, 5.41) is 0. The van der Waals surface area contributed by atoms with Crippen LogP contribution in [0.2, 0.25) is 0 Å². The summed E-state index contributed by atoms with van der Waals surface area (Å²) >= 11 is 0. The number of nitrogens with zero attached hydrogens (tertiary/aromatic N) is 2. The predicted molar refractivity (Wildman–Crippen MR) is 76.5 cm³/mol. The Morgan fingerprint density at radius 3 is 2.13 bits per heavy atom. The molecule has 0 saturated heterocycles. The molecule has 0 aliphatic heterocycles. The van der Waals surface area contributed by atoms with Gasteiger partial charge in [-0.15, -0.1) is 0 Å². The van der Waals surface area contributed by atoms with Crippen molar-refractivity contribution in [2.24, 2.45) is 0 Å². The van der Waals surface area contributed by atoms with Crippen molar-refractivity contribution in [2.75, 3.05) is 0 Å². The van der Waals surface area contributed by atoms with Crippen LogP contribution in [0.4, 0.5) is 17.6 Å². The van der Waals surface area contributed by atoms with Crippen LogP contribution in [0.5, 0.6) is 0 Å². The van der Waals surface area contributed by atoms with Crippen LogP contribution < -0.4 is 0 Å². The normalized spacial score (nSPS) is 10.8. The van der Waals surface area contributed by atoms with Gasteiger partial charge in [-0.2, -0.15) is 0 Å². The molecule has 6 heteroatoms. The van der Waals surface area contributed by atoms with Gasteiger partial charge >= 0.3 is 0 Å². The summed E-state index contributed by atoms with van der Waals surface area (Å²) in [5.74, 6) is -5.66. The number of pyridine rings is 2. The zero-order valence-corrected chi connectivity index (χ0v) is 11.7. The van der Waals surface area contributed by atoms with E-state index < -0.39 is 28.8 Å². The molecule has 0 aliphatic rings. The molecule has 0 saturated carbocycles. The van der Waals surface area contributed by atoms with Gasteiger partial charge in [0.25, 0.3) is 0 Å². The quantitative estimate of drug-likeness (QED) is 0.532. The highest BCUT2D eigenvalue weighted by molar-refractivity contribution is 5.59. The van der Waals surface area contributed by atoms with E-state index in [-0.39, 0.29) is 12.5 Å². The molecular formula is C17H10F4N2. The molecule has 0 radical (unpaired) electrons. The fourth-order valence-electron chi connectivity index (χ4n) is 2.28. The van der Waals surface area contributed by atoms with Gasteiger partial charge in [-0.25, -0.2) is 17.6 Å². The summed E-state index contributed by atoms with van der Waals surface area (Å²) < 4.78 is 54.4. The summed E-state index contributed by atoms with van der Waals surface area (Å²) in [6, 6.07) is 8.49. The van der Waals surface area contributed by atoms with Crippen LogP contribution in [-0.4, -0.2) is 9.97 Å². The molecule has 1 aromatic carbocycles. The van der Waals surface area contributed by atoms with Gasteiger partial charge in [0.15, 0.2) is 23.3 Å². The molecule has 23 heavy (non-hydrogen) atoms. The Labute approximate surface area is 129 Å². The molecule has 0 spiro atoms. The van der Waals surface area contributed by atoms with Crippen LogP contribution >= 0.6 is 0 Å². The molecule has 2 heterocycles. The standard InChI is InChI=1S/C17H10F4N2/c18-12-9-13(19)16(21)11(15(12)20)8-10-4-3-7-23-17(10)14-5-1-2-6-22-14/h1-7,9H,8H2. The van der Waals surface area contributed by atoms with Gasteiger partial charge in [-0.3, -0.25) is 9.97 Å². The molecule has 2 nitrogen and oxygen atoms in total. The van der Waals surface area contributed by atoms with Gasteiger partial charge in [0.1, 0.15) is 0 Å². The van der Waals surface area contributed by atoms with Gasteiger partial charge in [0, 0.05) is 30.4 Å². The average Bonchev–Trinajstić information content (AvgIpc) is 2.58. The van der Waals surface area contributed by atoms with E-state index in [1.165, 1.54) is 6.20 Å². The monoisotopic (exact) mass is 318 g/mol. The van der Waals surface area contributed by atoms with Crippen molar-refractivity contribution in [3.8, 4) is 11.4 Å². The highest BCUT2D eigenvalue weighted by Crippen LogP contribution is 2.26. The van der Waals surface area contributed by atoms with Gasteiger partial charge in [0.05, 0.1) is 11.4 Å². The number of hydrogen-bond acceptors (Lipinski definition) is 2. The third-order valence-electron chi connectivity index (χ3n) is 3.37. The van der Waals surface area contributed by atoms with E-state index in [2.05, 4.69) is 9.97 Å². The maximum Gasteiger partial charge on any atom is 0.165 e. The van der Waals surface area contributed by atoms with Crippen molar-refractivity contribution in [3.05, 3.63) is 83.2 Å². The first-order chi connectivity index (χ1) is 11.1. The predicted octanol–water partition coefficient (Wildman–Crippen LogP) is 4.29. The summed E-state index contributed by atoms with van der Waals surface area (Å²) in [6.45, 7) is 0. The van der Waals surface area contributed by atoms with Crippen LogP contribution in [0.1, 0.15) is 11.1 Å². The smallest absolute Gasteiger partial charge is 0.165 e. The lowest BCUT2D eigenvalue weighted by Crippen LogP contribution is -2.05. The lowest BCUT2D eigenvalue weighted by molar-refractivity contribution is 0.441. The second-order valence-corrected chi connectivity index (χ2v) is 4.85. The third-order valence-corrected chi connectivity index (χ3v) is 3.37. The number of hydrogen-bond donors (Lipinski definition) is 0. The summed E-state index contributed by atoms with van der Waals surface area (Å²) in [6.07, 6.45) is 2.72. The Morgan fingerprint density at radius 1 is 0.783 bits per heavy atom. The van der Waals surface area contributed by atoms with Gasteiger partial charge < -0.3 is 0 Å². The van der Waals surface area contributed by atoms with Crippen molar-refractivity contribution in [1.29, 1.82) is 0 Å². The van der Waals surface area contributed by atoms with E-state index in [1.807, 2.05) is 0 Å². The minimum absolute atomic E-state index is 0.192. The number of benzene rings is 1. The topological polar surface area (TPSA) is 25.8 Å². The molecular weight excluding hydrogens is 308 g/mol. The Bertz CT molecular complexity index is 824. The minimum atomic E-state index is -1.43. The second kappa shape index (κ2) is 6.16. The first-order valence-electron chi connectivity index (χ1n) is 6.75. The number of rotatable bonds is 3. The first-order valence-corrected chi connectivity index (χ1v) is 6.75. The van der Waals surface area contributed by atoms with Crippen molar-refractivity contribution >= 4 is 0 Å². The van der Waals surface area contributed by atoms with Crippen molar-refractivity contribution in [3.63, 3.8) is 0 Å². The summed E-state index contributed by atoms with van der Waals surface area (Å²) in [5.41, 5.74) is 0.638. The highest BCUT2D eigenvalue weighted by atomic mass is 19.2. The van der Waals surface area contributed by atoms with E-state index in [1.54, 1.807) is 36.5 Å². The molecule has 3 rings (SSSR count). The highest BCUT2D eigenvalue weighted by Gasteiger charge is 2.20. The maximum absolute atomic E-state index is 13.8. The molecule has 0 atom stereocenters. The Kier molecular flexibility index (Phi) is 4.06. The largest absolute Gasteiger partial charge is 0.255 e. The summed E-state index contributed by atoms with van der Waals surface area (Å²) in [4.78, 5) is 8.29. The van der Waals surface area contributed by atoms with Crippen LogP contribution in [0.15, 0.2) is 48.8 Å².